The van der Waals surface area contributed by atoms with E-state index in [4.69, 9.17) is 15.5 Å². The number of para-hydroxylation sites is 1. The first kappa shape index (κ1) is 24.9. The molecule has 198 valence electrons. The molecule has 2 aliphatic rings. The number of benzene rings is 2. The molecule has 0 atom stereocenters. The van der Waals surface area contributed by atoms with Crippen LogP contribution in [0.3, 0.4) is 0 Å². The lowest BCUT2D eigenvalue weighted by molar-refractivity contribution is 0.0586. The van der Waals surface area contributed by atoms with Crippen molar-refractivity contribution in [2.75, 3.05) is 31.9 Å². The number of nitrogens with zero attached hydrogens (tertiary/aromatic N) is 5. The lowest BCUT2D eigenvalue weighted by atomic mass is 9.89. The molecule has 4 aromatic rings. The van der Waals surface area contributed by atoms with Crippen LogP contribution in [0.1, 0.15) is 45.6 Å². The molecule has 2 N–H and O–H groups in total. The molecule has 7 heteroatoms. The average molecular weight is 511 g/mol. The topological polar surface area (TPSA) is 72.4 Å². The maximum Gasteiger partial charge on any atom is 0.146 e. The summed E-state index contributed by atoms with van der Waals surface area (Å²) >= 11 is 0. The second-order valence-electron chi connectivity index (χ2n) is 11.0. The number of fused-ring (bicyclic) bond motifs is 1. The summed E-state index contributed by atoms with van der Waals surface area (Å²) < 4.78 is 8.36. The quantitative estimate of drug-likeness (QED) is 0.344. The molecule has 6 rings (SSSR count). The smallest absolute Gasteiger partial charge is 0.146 e. The lowest BCUT2D eigenvalue weighted by Crippen LogP contribution is -2.52. The number of hydrogen-bond donors (Lipinski definition) is 1. The number of ether oxygens (including phenoxy) is 1. The first-order valence-electron chi connectivity index (χ1n) is 14.0. The highest BCUT2D eigenvalue weighted by Crippen LogP contribution is 2.39. The van der Waals surface area contributed by atoms with E-state index in [-0.39, 0.29) is 0 Å². The predicted molar refractivity (Wildman–Crippen MR) is 153 cm³/mol. The fourth-order valence-electron chi connectivity index (χ4n) is 6.25. The van der Waals surface area contributed by atoms with E-state index < -0.39 is 0 Å². The van der Waals surface area contributed by atoms with Crippen molar-refractivity contribution in [3.05, 3.63) is 67.1 Å². The van der Waals surface area contributed by atoms with Crippen molar-refractivity contribution < 1.29 is 4.74 Å². The SMILES string of the molecule is CC(C)N1CCN([C@H]2CC[C@@H](n3cc(-c4ccc(Oc5ccccc5)cc4)c4c(N)ncnc43)CC2)CC1. The summed E-state index contributed by atoms with van der Waals surface area (Å²) in [5, 5.41) is 0.941. The molecule has 3 heterocycles. The third-order valence-electron chi connectivity index (χ3n) is 8.44. The molecular weight excluding hydrogens is 472 g/mol. The first-order valence-corrected chi connectivity index (χ1v) is 14.0. The van der Waals surface area contributed by atoms with E-state index in [9.17, 15) is 0 Å². The molecule has 1 saturated carbocycles. The van der Waals surface area contributed by atoms with E-state index in [1.54, 1.807) is 6.33 Å². The fraction of sp³-hybridized carbons (Fsp3) is 0.419. The van der Waals surface area contributed by atoms with E-state index in [0.29, 0.717) is 23.9 Å². The van der Waals surface area contributed by atoms with Crippen molar-refractivity contribution in [1.82, 2.24) is 24.3 Å². The molecule has 0 spiro atoms. The van der Waals surface area contributed by atoms with Gasteiger partial charge in [0, 0.05) is 56.1 Å². The summed E-state index contributed by atoms with van der Waals surface area (Å²) in [6.07, 6.45) is 8.61. The van der Waals surface area contributed by atoms with E-state index in [0.717, 1.165) is 46.5 Å². The van der Waals surface area contributed by atoms with Crippen LogP contribution >= 0.6 is 0 Å². The van der Waals surface area contributed by atoms with Gasteiger partial charge in [-0.1, -0.05) is 30.3 Å². The minimum atomic E-state index is 0.425. The Hall–Kier alpha value is -3.42. The van der Waals surface area contributed by atoms with Gasteiger partial charge in [-0.15, -0.1) is 0 Å². The largest absolute Gasteiger partial charge is 0.457 e. The fourth-order valence-corrected chi connectivity index (χ4v) is 6.25. The summed E-state index contributed by atoms with van der Waals surface area (Å²) in [5.74, 6) is 2.16. The first-order chi connectivity index (χ1) is 18.6. The molecule has 2 aromatic heterocycles. The van der Waals surface area contributed by atoms with Gasteiger partial charge in [-0.05, 0) is 69.4 Å². The number of nitrogen functional groups attached to an aromatic ring is 1. The third kappa shape index (κ3) is 5.00. The van der Waals surface area contributed by atoms with Gasteiger partial charge in [0.1, 0.15) is 29.3 Å². The van der Waals surface area contributed by atoms with Crippen LogP contribution in [0.15, 0.2) is 67.1 Å². The van der Waals surface area contributed by atoms with Crippen LogP contribution in [-0.2, 0) is 0 Å². The molecule has 1 aliphatic carbocycles. The Morgan fingerprint density at radius 3 is 2.16 bits per heavy atom. The Morgan fingerprint density at radius 2 is 1.47 bits per heavy atom. The zero-order chi connectivity index (χ0) is 26.1. The maximum atomic E-state index is 6.42. The lowest BCUT2D eigenvalue weighted by Gasteiger charge is -2.43. The summed E-state index contributed by atoms with van der Waals surface area (Å²) in [5.41, 5.74) is 9.53. The van der Waals surface area contributed by atoms with Crippen LogP contribution in [0.2, 0.25) is 0 Å². The molecule has 0 bridgehead atoms. The summed E-state index contributed by atoms with van der Waals surface area (Å²) in [4.78, 5) is 14.4. The predicted octanol–water partition coefficient (Wildman–Crippen LogP) is 5.98. The van der Waals surface area contributed by atoms with Gasteiger partial charge < -0.3 is 15.0 Å². The van der Waals surface area contributed by atoms with Crippen LogP contribution in [0.5, 0.6) is 11.5 Å². The molecule has 0 amide bonds. The van der Waals surface area contributed by atoms with Crippen LogP contribution in [-0.4, -0.2) is 62.6 Å². The molecule has 0 unspecified atom stereocenters. The van der Waals surface area contributed by atoms with Crippen molar-refractivity contribution in [3.63, 3.8) is 0 Å². The number of piperazine rings is 1. The molecule has 7 nitrogen and oxygen atoms in total. The van der Waals surface area contributed by atoms with Crippen molar-refractivity contribution in [3.8, 4) is 22.6 Å². The van der Waals surface area contributed by atoms with Crippen molar-refractivity contribution in [1.29, 1.82) is 0 Å². The van der Waals surface area contributed by atoms with Crippen LogP contribution in [0, 0.1) is 0 Å². The Bertz CT molecular complexity index is 1350. The van der Waals surface area contributed by atoms with E-state index in [1.165, 1.54) is 39.0 Å². The van der Waals surface area contributed by atoms with E-state index in [1.807, 2.05) is 42.5 Å². The van der Waals surface area contributed by atoms with Crippen LogP contribution < -0.4 is 10.5 Å². The molecule has 1 aliphatic heterocycles. The van der Waals surface area contributed by atoms with Gasteiger partial charge in [0.2, 0.25) is 0 Å². The van der Waals surface area contributed by atoms with Crippen LogP contribution in [0.25, 0.3) is 22.2 Å². The van der Waals surface area contributed by atoms with E-state index >= 15 is 0 Å². The van der Waals surface area contributed by atoms with Crippen molar-refractivity contribution in [2.45, 2.75) is 57.7 Å². The van der Waals surface area contributed by atoms with Gasteiger partial charge in [0.15, 0.2) is 0 Å². The summed E-state index contributed by atoms with van der Waals surface area (Å²) in [6.45, 7) is 9.37. The Kier molecular flexibility index (Phi) is 7.04. The number of rotatable bonds is 6. The second-order valence-corrected chi connectivity index (χ2v) is 11.0. The Balaban J connectivity index is 1.20. The second kappa shape index (κ2) is 10.8. The molecular formula is C31H38N6O. The molecule has 1 saturated heterocycles. The number of anilines is 1. The van der Waals surface area contributed by atoms with Gasteiger partial charge in [0.25, 0.3) is 0 Å². The number of aromatic nitrogens is 3. The highest BCUT2D eigenvalue weighted by Gasteiger charge is 2.30. The summed E-state index contributed by atoms with van der Waals surface area (Å²) in [7, 11) is 0. The maximum absolute atomic E-state index is 6.42. The highest BCUT2D eigenvalue weighted by molar-refractivity contribution is 6.00. The average Bonchev–Trinajstić information content (AvgIpc) is 3.35. The van der Waals surface area contributed by atoms with Gasteiger partial charge in [0.05, 0.1) is 5.39 Å². The number of hydrogen-bond acceptors (Lipinski definition) is 6. The third-order valence-corrected chi connectivity index (χ3v) is 8.44. The van der Waals surface area contributed by atoms with Crippen molar-refractivity contribution >= 4 is 16.9 Å². The number of nitrogens with two attached hydrogens (primary N) is 1. The Labute approximate surface area is 225 Å². The summed E-state index contributed by atoms with van der Waals surface area (Å²) in [6, 6.07) is 19.8. The van der Waals surface area contributed by atoms with Crippen LogP contribution in [0.4, 0.5) is 5.82 Å². The molecule has 2 fully saturated rings. The minimum absolute atomic E-state index is 0.425. The zero-order valence-corrected chi connectivity index (χ0v) is 22.5. The highest BCUT2D eigenvalue weighted by atomic mass is 16.5. The normalized spacial score (nSPS) is 21.2. The van der Waals surface area contributed by atoms with Gasteiger partial charge in [-0.25, -0.2) is 9.97 Å². The van der Waals surface area contributed by atoms with Gasteiger partial charge >= 0.3 is 0 Å². The molecule has 38 heavy (non-hydrogen) atoms. The van der Waals surface area contributed by atoms with E-state index in [2.05, 4.69) is 51.5 Å². The van der Waals surface area contributed by atoms with Gasteiger partial charge in [-0.2, -0.15) is 0 Å². The molecule has 0 radical (unpaired) electrons. The molecule has 2 aromatic carbocycles. The Morgan fingerprint density at radius 1 is 0.816 bits per heavy atom. The van der Waals surface area contributed by atoms with Gasteiger partial charge in [-0.3, -0.25) is 9.80 Å². The monoisotopic (exact) mass is 510 g/mol. The minimum Gasteiger partial charge on any atom is -0.457 e. The standard InChI is InChI=1S/C31H38N6O/c1-22(2)35-16-18-36(19-17-35)24-10-12-25(13-11-24)37-20-28(29-30(32)33-21-34-31(29)37)23-8-14-27(15-9-23)38-26-6-4-3-5-7-26/h3-9,14-15,20-22,24-25H,10-13,16-19H2,1-2H3,(H2,32,33,34)/t24-,25+. The van der Waals surface area contributed by atoms with Crippen molar-refractivity contribution in [2.24, 2.45) is 0 Å². The zero-order valence-electron chi connectivity index (χ0n) is 22.5.